The van der Waals surface area contributed by atoms with Crippen LogP contribution in [-0.2, 0) is 4.74 Å². The van der Waals surface area contributed by atoms with Crippen LogP contribution < -0.4 is 5.32 Å². The third-order valence-corrected chi connectivity index (χ3v) is 4.76. The van der Waals surface area contributed by atoms with Crippen molar-refractivity contribution in [3.8, 4) is 0 Å². The molecule has 0 aromatic carbocycles. The molecule has 2 aliphatic heterocycles. The Balaban J connectivity index is 1.93. The summed E-state index contributed by atoms with van der Waals surface area (Å²) in [7, 11) is 0. The monoisotopic (exact) mass is 268 g/mol. The summed E-state index contributed by atoms with van der Waals surface area (Å²) < 4.78 is 5.93. The summed E-state index contributed by atoms with van der Waals surface area (Å²) in [6.45, 7) is 13.7. The summed E-state index contributed by atoms with van der Waals surface area (Å²) in [5, 5.41) is 3.74. The molecule has 3 heteroatoms. The number of nitrogens with one attached hydrogen (secondary N) is 1. The largest absolute Gasteiger partial charge is 0.377 e. The second kappa shape index (κ2) is 6.55. The normalized spacial score (nSPS) is 34.4. The van der Waals surface area contributed by atoms with Crippen LogP contribution in [0.25, 0.3) is 0 Å². The first-order valence-electron chi connectivity index (χ1n) is 8.09. The van der Waals surface area contributed by atoms with Crippen LogP contribution in [-0.4, -0.2) is 49.3 Å². The van der Waals surface area contributed by atoms with Gasteiger partial charge in [0.1, 0.15) is 0 Å². The van der Waals surface area contributed by atoms with E-state index in [9.17, 15) is 0 Å². The third kappa shape index (κ3) is 4.17. The summed E-state index contributed by atoms with van der Waals surface area (Å²) >= 11 is 0. The molecule has 0 spiro atoms. The fourth-order valence-corrected chi connectivity index (χ4v) is 3.27. The number of ether oxygens (including phenoxy) is 1. The Hall–Kier alpha value is -0.120. The van der Waals surface area contributed by atoms with Gasteiger partial charge in [-0.15, -0.1) is 0 Å². The average Bonchev–Trinajstić information content (AvgIpc) is 2.39. The standard InChI is InChI=1S/C16H32N2O/c1-5-13-10-17-15(16(2,3)4)12-18(13)11-14-8-6-7-9-19-14/h13-15,17H,5-12H2,1-4H3. The summed E-state index contributed by atoms with van der Waals surface area (Å²) in [6.07, 6.45) is 5.55. The van der Waals surface area contributed by atoms with Gasteiger partial charge in [-0.05, 0) is 31.1 Å². The van der Waals surface area contributed by atoms with Gasteiger partial charge >= 0.3 is 0 Å². The Kier molecular flexibility index (Phi) is 5.27. The molecular formula is C16H32N2O. The molecule has 0 bridgehead atoms. The van der Waals surface area contributed by atoms with E-state index in [4.69, 9.17) is 4.74 Å². The number of hydrogen-bond acceptors (Lipinski definition) is 3. The highest BCUT2D eigenvalue weighted by Gasteiger charge is 2.34. The van der Waals surface area contributed by atoms with Crippen LogP contribution in [0.1, 0.15) is 53.4 Å². The maximum Gasteiger partial charge on any atom is 0.0702 e. The summed E-state index contributed by atoms with van der Waals surface area (Å²) in [4.78, 5) is 2.68. The van der Waals surface area contributed by atoms with Gasteiger partial charge in [0.25, 0.3) is 0 Å². The van der Waals surface area contributed by atoms with Gasteiger partial charge in [-0.1, -0.05) is 27.7 Å². The molecule has 2 saturated heterocycles. The van der Waals surface area contributed by atoms with E-state index in [0.717, 1.165) is 19.7 Å². The number of hydrogen-bond donors (Lipinski definition) is 1. The Morgan fingerprint density at radius 1 is 1.26 bits per heavy atom. The van der Waals surface area contributed by atoms with Crippen LogP contribution in [0.2, 0.25) is 0 Å². The maximum absolute atomic E-state index is 5.93. The molecule has 0 aliphatic carbocycles. The van der Waals surface area contributed by atoms with Gasteiger partial charge < -0.3 is 10.1 Å². The zero-order chi connectivity index (χ0) is 13.9. The van der Waals surface area contributed by atoms with E-state index in [2.05, 4.69) is 37.9 Å². The van der Waals surface area contributed by atoms with Crippen LogP contribution >= 0.6 is 0 Å². The lowest BCUT2D eigenvalue weighted by atomic mass is 9.84. The van der Waals surface area contributed by atoms with Crippen LogP contribution in [0.4, 0.5) is 0 Å². The Bertz CT molecular complexity index is 268. The molecule has 19 heavy (non-hydrogen) atoms. The molecule has 3 nitrogen and oxygen atoms in total. The SMILES string of the molecule is CCC1CNC(C(C)(C)C)CN1CC1CCCCO1. The van der Waals surface area contributed by atoms with Crippen LogP contribution in [0.5, 0.6) is 0 Å². The highest BCUT2D eigenvalue weighted by Crippen LogP contribution is 2.25. The fourth-order valence-electron chi connectivity index (χ4n) is 3.27. The van der Waals surface area contributed by atoms with Crippen molar-refractivity contribution in [1.82, 2.24) is 10.2 Å². The van der Waals surface area contributed by atoms with E-state index in [1.165, 1.54) is 32.2 Å². The predicted molar refractivity (Wildman–Crippen MR) is 80.5 cm³/mol. The van der Waals surface area contributed by atoms with Crippen molar-refractivity contribution < 1.29 is 4.74 Å². The quantitative estimate of drug-likeness (QED) is 0.851. The molecule has 112 valence electrons. The van der Waals surface area contributed by atoms with Crippen molar-refractivity contribution in [3.63, 3.8) is 0 Å². The first-order valence-corrected chi connectivity index (χ1v) is 8.09. The molecular weight excluding hydrogens is 236 g/mol. The highest BCUT2D eigenvalue weighted by molar-refractivity contribution is 4.92. The predicted octanol–water partition coefficient (Wildman–Crippen LogP) is 2.65. The van der Waals surface area contributed by atoms with Crippen molar-refractivity contribution in [3.05, 3.63) is 0 Å². The number of rotatable bonds is 3. The van der Waals surface area contributed by atoms with E-state index in [0.29, 0.717) is 23.6 Å². The van der Waals surface area contributed by atoms with Crippen molar-refractivity contribution >= 4 is 0 Å². The molecule has 0 aromatic rings. The molecule has 1 N–H and O–H groups in total. The zero-order valence-electron chi connectivity index (χ0n) is 13.2. The minimum absolute atomic E-state index is 0.338. The van der Waals surface area contributed by atoms with Gasteiger partial charge in [0.15, 0.2) is 0 Å². The van der Waals surface area contributed by atoms with Gasteiger partial charge in [0.2, 0.25) is 0 Å². The molecule has 3 atom stereocenters. The van der Waals surface area contributed by atoms with E-state index >= 15 is 0 Å². The lowest BCUT2D eigenvalue weighted by Crippen LogP contribution is -2.61. The average molecular weight is 268 g/mol. The van der Waals surface area contributed by atoms with Crippen molar-refractivity contribution in [2.24, 2.45) is 5.41 Å². The Labute approximate surface area is 119 Å². The number of piperazine rings is 1. The highest BCUT2D eigenvalue weighted by atomic mass is 16.5. The van der Waals surface area contributed by atoms with Crippen LogP contribution in [0.3, 0.4) is 0 Å². The minimum Gasteiger partial charge on any atom is -0.377 e. The van der Waals surface area contributed by atoms with Gasteiger partial charge in [-0.3, -0.25) is 4.90 Å². The van der Waals surface area contributed by atoms with E-state index in [1.54, 1.807) is 0 Å². The molecule has 2 rings (SSSR count). The van der Waals surface area contributed by atoms with Gasteiger partial charge in [0.05, 0.1) is 6.10 Å². The molecule has 0 radical (unpaired) electrons. The number of nitrogens with zero attached hydrogens (tertiary/aromatic N) is 1. The van der Waals surface area contributed by atoms with E-state index in [1.807, 2.05) is 0 Å². The molecule has 0 amide bonds. The second-order valence-corrected chi connectivity index (χ2v) is 7.33. The van der Waals surface area contributed by atoms with Crippen LogP contribution in [0.15, 0.2) is 0 Å². The minimum atomic E-state index is 0.338. The molecule has 2 heterocycles. The van der Waals surface area contributed by atoms with E-state index < -0.39 is 0 Å². The molecule has 2 aliphatic rings. The van der Waals surface area contributed by atoms with Gasteiger partial charge in [-0.25, -0.2) is 0 Å². The second-order valence-electron chi connectivity index (χ2n) is 7.33. The van der Waals surface area contributed by atoms with Crippen molar-refractivity contribution in [1.29, 1.82) is 0 Å². The third-order valence-electron chi connectivity index (χ3n) is 4.76. The smallest absolute Gasteiger partial charge is 0.0702 e. The topological polar surface area (TPSA) is 24.5 Å². The van der Waals surface area contributed by atoms with Crippen molar-refractivity contribution in [2.45, 2.75) is 71.6 Å². The van der Waals surface area contributed by atoms with Gasteiger partial charge in [0, 0.05) is 38.3 Å². The lowest BCUT2D eigenvalue weighted by Gasteiger charge is -2.46. The Morgan fingerprint density at radius 2 is 2.05 bits per heavy atom. The maximum atomic E-state index is 5.93. The first-order chi connectivity index (χ1) is 9.00. The molecule has 0 saturated carbocycles. The van der Waals surface area contributed by atoms with E-state index in [-0.39, 0.29) is 0 Å². The lowest BCUT2D eigenvalue weighted by molar-refractivity contribution is -0.0271. The van der Waals surface area contributed by atoms with Crippen molar-refractivity contribution in [2.75, 3.05) is 26.2 Å². The first kappa shape index (κ1) is 15.3. The van der Waals surface area contributed by atoms with Gasteiger partial charge in [-0.2, -0.15) is 0 Å². The summed E-state index contributed by atoms with van der Waals surface area (Å²) in [5.41, 5.74) is 0.338. The fraction of sp³-hybridized carbons (Fsp3) is 1.00. The summed E-state index contributed by atoms with van der Waals surface area (Å²) in [6, 6.07) is 1.28. The van der Waals surface area contributed by atoms with Crippen LogP contribution in [0, 0.1) is 5.41 Å². The Morgan fingerprint density at radius 3 is 2.63 bits per heavy atom. The summed E-state index contributed by atoms with van der Waals surface area (Å²) in [5.74, 6) is 0. The zero-order valence-corrected chi connectivity index (χ0v) is 13.2. The molecule has 3 unspecified atom stereocenters. The molecule has 0 aromatic heterocycles. The molecule has 2 fully saturated rings.